The van der Waals surface area contributed by atoms with Crippen LogP contribution in [0.2, 0.25) is 0 Å². The summed E-state index contributed by atoms with van der Waals surface area (Å²) in [7, 11) is 0. The van der Waals surface area contributed by atoms with Crippen LogP contribution < -0.4 is 9.47 Å². The molecular formula is C33H36O8. The van der Waals surface area contributed by atoms with Crippen molar-refractivity contribution in [3.8, 4) is 33.8 Å². The summed E-state index contributed by atoms with van der Waals surface area (Å²) in [6.07, 6.45) is 5.97. The van der Waals surface area contributed by atoms with Crippen LogP contribution >= 0.6 is 0 Å². The van der Waals surface area contributed by atoms with Gasteiger partial charge in [-0.1, -0.05) is 31.4 Å². The molecule has 0 aliphatic rings. The number of hydrogen-bond acceptors (Lipinski definition) is 6. The maximum atomic E-state index is 12.0. The number of carbonyl (C=O) groups is 2. The van der Waals surface area contributed by atoms with Crippen molar-refractivity contribution in [1.29, 1.82) is 0 Å². The first-order chi connectivity index (χ1) is 19.8. The number of benzene rings is 3. The number of carboxylic acid groups (broad SMARTS) is 2. The minimum Gasteiger partial charge on any atom is -0.502 e. The summed E-state index contributed by atoms with van der Waals surface area (Å²) < 4.78 is 22.0. The number of aryl methyl sites for hydroxylation is 1. The maximum absolute atomic E-state index is 12.0. The number of rotatable bonds is 18. The van der Waals surface area contributed by atoms with Crippen molar-refractivity contribution in [1.82, 2.24) is 0 Å². The molecule has 216 valence electrons. The summed E-state index contributed by atoms with van der Waals surface area (Å²) in [6.45, 7) is 10.9. The summed E-state index contributed by atoms with van der Waals surface area (Å²) in [5.74, 6) is -0.979. The van der Waals surface area contributed by atoms with Gasteiger partial charge in [0.2, 0.25) is 0 Å². The number of aromatic carboxylic acids is 2. The number of carboxylic acids is 2. The van der Waals surface area contributed by atoms with Crippen molar-refractivity contribution in [3.05, 3.63) is 97.0 Å². The quantitative estimate of drug-likeness (QED) is 0.123. The van der Waals surface area contributed by atoms with Crippen LogP contribution in [0.15, 0.2) is 80.3 Å². The van der Waals surface area contributed by atoms with Gasteiger partial charge in [-0.3, -0.25) is 0 Å². The first-order valence-electron chi connectivity index (χ1n) is 13.4. The van der Waals surface area contributed by atoms with E-state index in [1.165, 1.54) is 24.7 Å². The standard InChI is InChI=1S/C33H36O8/c1-4-38-16-6-8-18-40-25-11-14-28(32(34)35)30(21-25)24-10-13-27(23(3)20-24)31-22-26(12-15-29(31)33(36)37)41-19-9-7-17-39-5-2/h4-5,10-15,20-22H,1-2,6-9,16-19H2,3H3,(H,34,35)(H,36,37). The minimum atomic E-state index is -1.05. The van der Waals surface area contributed by atoms with E-state index in [1.807, 2.05) is 19.1 Å². The maximum Gasteiger partial charge on any atom is 0.336 e. The Morgan fingerprint density at radius 2 is 1.15 bits per heavy atom. The molecule has 0 bridgehead atoms. The van der Waals surface area contributed by atoms with Crippen LogP contribution in [0, 0.1) is 6.92 Å². The van der Waals surface area contributed by atoms with E-state index < -0.39 is 11.9 Å². The van der Waals surface area contributed by atoms with E-state index in [4.69, 9.17) is 18.9 Å². The van der Waals surface area contributed by atoms with Crippen LogP contribution in [0.5, 0.6) is 11.5 Å². The molecule has 8 nitrogen and oxygen atoms in total. The summed E-state index contributed by atoms with van der Waals surface area (Å²) >= 11 is 0. The van der Waals surface area contributed by atoms with Gasteiger partial charge in [0.25, 0.3) is 0 Å². The molecule has 0 fully saturated rings. The smallest absolute Gasteiger partial charge is 0.336 e. The van der Waals surface area contributed by atoms with E-state index in [2.05, 4.69) is 13.2 Å². The molecule has 0 amide bonds. The lowest BCUT2D eigenvalue weighted by Gasteiger charge is -2.15. The fourth-order valence-electron chi connectivity index (χ4n) is 4.32. The van der Waals surface area contributed by atoms with Gasteiger partial charge in [0.05, 0.1) is 50.1 Å². The normalized spacial score (nSPS) is 10.5. The molecule has 2 N–H and O–H groups in total. The number of hydrogen-bond donors (Lipinski definition) is 2. The van der Waals surface area contributed by atoms with Crippen molar-refractivity contribution in [3.63, 3.8) is 0 Å². The average Bonchev–Trinajstić information content (AvgIpc) is 2.96. The van der Waals surface area contributed by atoms with Gasteiger partial charge in [0, 0.05) is 5.56 Å². The van der Waals surface area contributed by atoms with Crippen LogP contribution in [0.4, 0.5) is 0 Å². The van der Waals surface area contributed by atoms with Crippen molar-refractivity contribution < 1.29 is 38.7 Å². The summed E-state index contributed by atoms with van der Waals surface area (Å²) in [4.78, 5) is 24.0. The van der Waals surface area contributed by atoms with Gasteiger partial charge in [-0.15, -0.1) is 0 Å². The predicted molar refractivity (Wildman–Crippen MR) is 158 cm³/mol. The summed E-state index contributed by atoms with van der Waals surface area (Å²) in [5.41, 5.74) is 3.49. The van der Waals surface area contributed by atoms with Crippen molar-refractivity contribution in [2.45, 2.75) is 32.6 Å². The fourth-order valence-corrected chi connectivity index (χ4v) is 4.32. The lowest BCUT2D eigenvalue weighted by molar-refractivity contribution is 0.0686. The Balaban J connectivity index is 1.85. The Hall–Kier alpha value is -4.72. The van der Waals surface area contributed by atoms with Crippen LogP contribution in [0.1, 0.15) is 52.0 Å². The van der Waals surface area contributed by atoms with Gasteiger partial charge in [0.15, 0.2) is 0 Å². The van der Waals surface area contributed by atoms with Crippen LogP contribution in [0.25, 0.3) is 22.3 Å². The molecule has 0 atom stereocenters. The SMILES string of the molecule is C=COCCCCOc1ccc(C(=O)O)c(-c2ccc(-c3cc(OCCCCOC=C)ccc3C(=O)O)c(C)c2)c1. The number of unbranched alkanes of at least 4 members (excludes halogenated alkanes) is 2. The van der Waals surface area contributed by atoms with E-state index >= 15 is 0 Å². The molecule has 0 unspecified atom stereocenters. The summed E-state index contributed by atoms with van der Waals surface area (Å²) in [6, 6.07) is 15.3. The first kappa shape index (κ1) is 30.8. The second-order valence-corrected chi connectivity index (χ2v) is 9.24. The van der Waals surface area contributed by atoms with E-state index in [0.717, 1.165) is 31.2 Å². The zero-order chi connectivity index (χ0) is 29.6. The van der Waals surface area contributed by atoms with Gasteiger partial charge in [-0.2, -0.15) is 0 Å². The second kappa shape index (κ2) is 15.8. The molecule has 3 aromatic rings. The van der Waals surface area contributed by atoms with Crippen molar-refractivity contribution >= 4 is 11.9 Å². The highest BCUT2D eigenvalue weighted by Gasteiger charge is 2.18. The monoisotopic (exact) mass is 560 g/mol. The molecule has 0 aromatic heterocycles. The Morgan fingerprint density at radius 3 is 1.63 bits per heavy atom. The molecule has 0 spiro atoms. The van der Waals surface area contributed by atoms with Gasteiger partial charge < -0.3 is 29.2 Å². The molecule has 41 heavy (non-hydrogen) atoms. The highest BCUT2D eigenvalue weighted by molar-refractivity contribution is 5.98. The molecule has 0 radical (unpaired) electrons. The van der Waals surface area contributed by atoms with E-state index in [9.17, 15) is 19.8 Å². The van der Waals surface area contributed by atoms with Gasteiger partial charge >= 0.3 is 11.9 Å². The van der Waals surface area contributed by atoms with Gasteiger partial charge in [-0.05, 0) is 91.3 Å². The van der Waals surface area contributed by atoms with Gasteiger partial charge in [0.1, 0.15) is 11.5 Å². The molecule has 3 rings (SSSR count). The lowest BCUT2D eigenvalue weighted by atomic mass is 9.91. The minimum absolute atomic E-state index is 0.143. The lowest BCUT2D eigenvalue weighted by Crippen LogP contribution is -2.04. The topological polar surface area (TPSA) is 112 Å². The zero-order valence-electron chi connectivity index (χ0n) is 23.3. The van der Waals surface area contributed by atoms with E-state index in [0.29, 0.717) is 60.2 Å². The molecule has 0 saturated heterocycles. The highest BCUT2D eigenvalue weighted by atomic mass is 16.5. The van der Waals surface area contributed by atoms with Crippen molar-refractivity contribution in [2.75, 3.05) is 26.4 Å². The molecule has 8 heteroatoms. The third kappa shape index (κ3) is 8.89. The Morgan fingerprint density at radius 1 is 0.659 bits per heavy atom. The molecule has 0 saturated carbocycles. The molecule has 0 aliphatic heterocycles. The van der Waals surface area contributed by atoms with E-state index in [1.54, 1.807) is 30.3 Å². The fraction of sp³-hybridized carbons (Fsp3) is 0.273. The average molecular weight is 561 g/mol. The van der Waals surface area contributed by atoms with Crippen LogP contribution in [-0.2, 0) is 9.47 Å². The predicted octanol–water partition coefficient (Wildman–Crippen LogP) is 7.36. The third-order valence-electron chi connectivity index (χ3n) is 6.36. The Bertz CT molecular complexity index is 1360. The van der Waals surface area contributed by atoms with E-state index in [-0.39, 0.29) is 11.1 Å². The molecule has 0 aliphatic carbocycles. The molecular weight excluding hydrogens is 524 g/mol. The third-order valence-corrected chi connectivity index (χ3v) is 6.36. The second-order valence-electron chi connectivity index (χ2n) is 9.24. The zero-order valence-corrected chi connectivity index (χ0v) is 23.3. The van der Waals surface area contributed by atoms with Crippen LogP contribution in [0.3, 0.4) is 0 Å². The largest absolute Gasteiger partial charge is 0.502 e. The first-order valence-corrected chi connectivity index (χ1v) is 13.4. The molecule has 3 aromatic carbocycles. The highest BCUT2D eigenvalue weighted by Crippen LogP contribution is 2.35. The van der Waals surface area contributed by atoms with Crippen molar-refractivity contribution in [2.24, 2.45) is 0 Å². The Kier molecular flexibility index (Phi) is 11.8. The number of ether oxygens (including phenoxy) is 4. The Labute approximate surface area is 240 Å². The van der Waals surface area contributed by atoms with Crippen LogP contribution in [-0.4, -0.2) is 48.6 Å². The molecule has 0 heterocycles. The summed E-state index contributed by atoms with van der Waals surface area (Å²) in [5, 5.41) is 19.7. The van der Waals surface area contributed by atoms with Gasteiger partial charge in [-0.25, -0.2) is 9.59 Å².